The molecule has 0 aliphatic heterocycles. The fourth-order valence-electron chi connectivity index (χ4n) is 2.36. The van der Waals surface area contributed by atoms with Crippen LogP contribution in [0.25, 0.3) is 16.9 Å². The Kier molecular flexibility index (Phi) is 3.58. The molecule has 108 valence electrons. The monoisotopic (exact) mass is 290 g/mol. The van der Waals surface area contributed by atoms with E-state index in [2.05, 4.69) is 16.4 Å². The van der Waals surface area contributed by atoms with E-state index >= 15 is 0 Å². The van der Waals surface area contributed by atoms with Crippen LogP contribution in [0.5, 0.6) is 5.75 Å². The molecule has 0 radical (unpaired) electrons. The zero-order valence-electron chi connectivity index (χ0n) is 12.3. The molecule has 0 atom stereocenters. The minimum absolute atomic E-state index is 0.288. The second-order valence-corrected chi connectivity index (χ2v) is 4.83. The Hall–Kier alpha value is -3.13. The molecule has 0 unspecified atom stereocenters. The van der Waals surface area contributed by atoms with Crippen molar-refractivity contribution in [1.29, 1.82) is 5.26 Å². The van der Waals surface area contributed by atoms with Gasteiger partial charge in [-0.3, -0.25) is 0 Å². The van der Waals surface area contributed by atoms with Crippen LogP contribution in [0.3, 0.4) is 0 Å². The molecule has 0 amide bonds. The molecule has 0 aliphatic rings. The molecule has 5 nitrogen and oxygen atoms in total. The fourth-order valence-corrected chi connectivity index (χ4v) is 2.36. The first-order valence-electron chi connectivity index (χ1n) is 6.81. The van der Waals surface area contributed by atoms with Crippen molar-refractivity contribution in [3.8, 4) is 28.8 Å². The van der Waals surface area contributed by atoms with Crippen molar-refractivity contribution in [3.63, 3.8) is 0 Å². The lowest BCUT2D eigenvalue weighted by atomic mass is 10.1. The number of hydrogen-bond acceptors (Lipinski definition) is 4. The van der Waals surface area contributed by atoms with Crippen LogP contribution in [0.15, 0.2) is 48.5 Å². The number of nitrogens with zero attached hydrogens (tertiary/aromatic N) is 4. The Bertz CT molecular complexity index is 861. The van der Waals surface area contributed by atoms with E-state index in [1.807, 2.05) is 55.5 Å². The van der Waals surface area contributed by atoms with Crippen molar-refractivity contribution >= 4 is 0 Å². The summed E-state index contributed by atoms with van der Waals surface area (Å²) in [4.78, 5) is 0. The maximum absolute atomic E-state index is 9.34. The number of benzene rings is 2. The third-order valence-corrected chi connectivity index (χ3v) is 3.46. The smallest absolute Gasteiger partial charge is 0.191 e. The normalized spacial score (nSPS) is 10.2. The molecular formula is C17H14N4O. The zero-order chi connectivity index (χ0) is 15.5. The van der Waals surface area contributed by atoms with Crippen LogP contribution in [-0.4, -0.2) is 22.1 Å². The Morgan fingerprint density at radius 1 is 1.14 bits per heavy atom. The lowest BCUT2D eigenvalue weighted by Crippen LogP contribution is -2.02. The average molecular weight is 290 g/mol. The standard InChI is InChI=1S/C17H14N4O/c1-12-6-3-4-9-16(12)21-17(15(11-18)19-20-21)13-7-5-8-14(10-13)22-2/h3-10H,1-2H3. The number of rotatable bonds is 3. The van der Waals surface area contributed by atoms with E-state index in [4.69, 9.17) is 4.74 Å². The highest BCUT2D eigenvalue weighted by molar-refractivity contribution is 5.68. The molecule has 1 heterocycles. The van der Waals surface area contributed by atoms with E-state index in [1.165, 1.54) is 0 Å². The molecule has 1 aromatic heterocycles. The van der Waals surface area contributed by atoms with E-state index < -0.39 is 0 Å². The summed E-state index contributed by atoms with van der Waals surface area (Å²) >= 11 is 0. The Morgan fingerprint density at radius 3 is 2.68 bits per heavy atom. The third-order valence-electron chi connectivity index (χ3n) is 3.46. The van der Waals surface area contributed by atoms with Crippen LogP contribution in [0.2, 0.25) is 0 Å². The molecule has 0 aliphatic carbocycles. The molecule has 0 fully saturated rings. The van der Waals surface area contributed by atoms with Crippen molar-refractivity contribution in [3.05, 3.63) is 59.8 Å². The molecular weight excluding hydrogens is 276 g/mol. The predicted molar refractivity (Wildman–Crippen MR) is 82.8 cm³/mol. The number of ether oxygens (including phenoxy) is 1. The van der Waals surface area contributed by atoms with E-state index in [0.29, 0.717) is 5.69 Å². The van der Waals surface area contributed by atoms with Crippen LogP contribution < -0.4 is 4.74 Å². The van der Waals surface area contributed by atoms with Crippen molar-refractivity contribution < 1.29 is 4.74 Å². The summed E-state index contributed by atoms with van der Waals surface area (Å²) in [6.07, 6.45) is 0. The minimum atomic E-state index is 0.288. The van der Waals surface area contributed by atoms with Gasteiger partial charge in [-0.1, -0.05) is 35.5 Å². The van der Waals surface area contributed by atoms with Gasteiger partial charge in [0.1, 0.15) is 17.5 Å². The SMILES string of the molecule is COc1cccc(-c2c(C#N)nnn2-c2ccccc2C)c1. The van der Waals surface area contributed by atoms with E-state index in [-0.39, 0.29) is 5.69 Å². The van der Waals surface area contributed by atoms with Gasteiger partial charge in [-0.05, 0) is 30.7 Å². The van der Waals surface area contributed by atoms with Gasteiger partial charge in [0.2, 0.25) is 0 Å². The third kappa shape index (κ3) is 2.31. The summed E-state index contributed by atoms with van der Waals surface area (Å²) < 4.78 is 6.96. The summed E-state index contributed by atoms with van der Waals surface area (Å²) in [6.45, 7) is 2.00. The second-order valence-electron chi connectivity index (χ2n) is 4.83. The summed E-state index contributed by atoms with van der Waals surface area (Å²) in [6, 6.07) is 17.5. The van der Waals surface area contributed by atoms with Crippen LogP contribution in [-0.2, 0) is 0 Å². The molecule has 0 saturated carbocycles. The number of hydrogen-bond donors (Lipinski definition) is 0. The van der Waals surface area contributed by atoms with Crippen molar-refractivity contribution in [2.24, 2.45) is 0 Å². The highest BCUT2D eigenvalue weighted by Crippen LogP contribution is 2.28. The first kappa shape index (κ1) is 13.8. The van der Waals surface area contributed by atoms with Crippen molar-refractivity contribution in [2.45, 2.75) is 6.92 Å². The summed E-state index contributed by atoms with van der Waals surface area (Å²) in [5, 5.41) is 17.5. The number of aryl methyl sites for hydroxylation is 1. The van der Waals surface area contributed by atoms with Gasteiger partial charge >= 0.3 is 0 Å². The second kappa shape index (κ2) is 5.70. The highest BCUT2D eigenvalue weighted by Gasteiger charge is 2.17. The molecule has 3 rings (SSSR count). The number of para-hydroxylation sites is 1. The summed E-state index contributed by atoms with van der Waals surface area (Å²) in [7, 11) is 1.61. The molecule has 5 heteroatoms. The molecule has 22 heavy (non-hydrogen) atoms. The largest absolute Gasteiger partial charge is 0.497 e. The van der Waals surface area contributed by atoms with Crippen molar-refractivity contribution in [1.82, 2.24) is 15.0 Å². The lowest BCUT2D eigenvalue weighted by Gasteiger charge is -2.10. The van der Waals surface area contributed by atoms with E-state index in [0.717, 1.165) is 22.6 Å². The quantitative estimate of drug-likeness (QED) is 0.743. The summed E-state index contributed by atoms with van der Waals surface area (Å²) in [5.41, 5.74) is 3.74. The highest BCUT2D eigenvalue weighted by atomic mass is 16.5. The molecule has 0 bridgehead atoms. The van der Waals surface area contributed by atoms with Crippen LogP contribution in [0.4, 0.5) is 0 Å². The molecule has 3 aromatic rings. The van der Waals surface area contributed by atoms with Gasteiger partial charge in [0, 0.05) is 5.56 Å². The Labute approximate surface area is 128 Å². The average Bonchev–Trinajstić information content (AvgIpc) is 2.99. The van der Waals surface area contributed by atoms with Gasteiger partial charge in [0.15, 0.2) is 5.69 Å². The van der Waals surface area contributed by atoms with E-state index in [1.54, 1.807) is 11.8 Å². The Balaban J connectivity index is 2.25. The minimum Gasteiger partial charge on any atom is -0.497 e. The van der Waals surface area contributed by atoms with Gasteiger partial charge in [-0.25, -0.2) is 4.68 Å². The molecule has 0 spiro atoms. The first-order chi connectivity index (χ1) is 10.7. The first-order valence-corrected chi connectivity index (χ1v) is 6.81. The maximum atomic E-state index is 9.34. The maximum Gasteiger partial charge on any atom is 0.191 e. The number of methoxy groups -OCH3 is 1. The lowest BCUT2D eigenvalue weighted by molar-refractivity contribution is 0.415. The van der Waals surface area contributed by atoms with Crippen molar-refractivity contribution in [2.75, 3.05) is 7.11 Å². The van der Waals surface area contributed by atoms with Gasteiger partial charge < -0.3 is 4.74 Å². The van der Waals surface area contributed by atoms with Crippen LogP contribution >= 0.6 is 0 Å². The van der Waals surface area contributed by atoms with Crippen LogP contribution in [0.1, 0.15) is 11.3 Å². The van der Waals surface area contributed by atoms with Crippen LogP contribution in [0, 0.1) is 18.3 Å². The van der Waals surface area contributed by atoms with Gasteiger partial charge in [0.25, 0.3) is 0 Å². The zero-order valence-corrected chi connectivity index (χ0v) is 12.3. The molecule has 2 aromatic carbocycles. The van der Waals surface area contributed by atoms with Gasteiger partial charge in [-0.15, -0.1) is 5.10 Å². The van der Waals surface area contributed by atoms with E-state index in [9.17, 15) is 5.26 Å². The Morgan fingerprint density at radius 2 is 1.95 bits per heavy atom. The fraction of sp³-hybridized carbons (Fsp3) is 0.118. The number of aromatic nitrogens is 3. The topological polar surface area (TPSA) is 63.7 Å². The number of nitriles is 1. The molecule has 0 N–H and O–H groups in total. The molecule has 0 saturated heterocycles. The predicted octanol–water partition coefficient (Wildman–Crippen LogP) is 3.12. The van der Waals surface area contributed by atoms with Gasteiger partial charge in [-0.2, -0.15) is 5.26 Å². The van der Waals surface area contributed by atoms with Gasteiger partial charge in [0.05, 0.1) is 12.8 Å². The summed E-state index contributed by atoms with van der Waals surface area (Å²) in [5.74, 6) is 0.721.